The summed E-state index contributed by atoms with van der Waals surface area (Å²) in [5, 5.41) is 12.9. The Morgan fingerprint density at radius 3 is 2.75 bits per heavy atom. The number of hydrogen-bond donors (Lipinski definition) is 1. The van der Waals surface area contributed by atoms with Gasteiger partial charge in [0.1, 0.15) is 5.54 Å². The van der Waals surface area contributed by atoms with E-state index >= 15 is 0 Å². The molecule has 0 bridgehead atoms. The van der Waals surface area contributed by atoms with Gasteiger partial charge in [0, 0.05) is 6.04 Å². The quantitative estimate of drug-likeness (QED) is 0.927. The van der Waals surface area contributed by atoms with Crippen molar-refractivity contribution in [3.63, 3.8) is 0 Å². The number of nitrogens with zero attached hydrogens (tertiary/aromatic N) is 3. The van der Waals surface area contributed by atoms with Crippen LogP contribution in [0, 0.1) is 25.2 Å². The second-order valence-electron chi connectivity index (χ2n) is 6.16. The number of nitrogens with one attached hydrogen (secondary N) is 1. The molecule has 1 aromatic heterocycles. The summed E-state index contributed by atoms with van der Waals surface area (Å²) in [5.41, 5.74) is 4.08. The first-order chi connectivity index (χ1) is 9.50. The summed E-state index contributed by atoms with van der Waals surface area (Å²) in [6.07, 6.45) is 4.20. The van der Waals surface area contributed by atoms with Gasteiger partial charge in [-0.2, -0.15) is 5.26 Å². The minimum atomic E-state index is -0.534. The number of hydrogen-bond acceptors (Lipinski definition) is 3. The predicted octanol–water partition coefficient (Wildman–Crippen LogP) is 2.69. The van der Waals surface area contributed by atoms with Crippen LogP contribution in [0.1, 0.15) is 30.9 Å². The van der Waals surface area contributed by atoms with Crippen LogP contribution in [0.5, 0.6) is 0 Å². The fourth-order valence-electron chi connectivity index (χ4n) is 2.57. The third-order valence-electron chi connectivity index (χ3n) is 4.07. The predicted molar refractivity (Wildman–Crippen MR) is 79.4 cm³/mol. The van der Waals surface area contributed by atoms with Crippen molar-refractivity contribution in [2.75, 3.05) is 0 Å². The zero-order valence-corrected chi connectivity index (χ0v) is 12.3. The number of fused-ring (bicyclic) bond motifs is 1. The Kier molecular flexibility index (Phi) is 3.02. The van der Waals surface area contributed by atoms with E-state index in [0.29, 0.717) is 12.6 Å². The summed E-state index contributed by atoms with van der Waals surface area (Å²) >= 11 is 0. The van der Waals surface area contributed by atoms with Crippen molar-refractivity contribution >= 4 is 11.0 Å². The largest absolute Gasteiger partial charge is 0.328 e. The summed E-state index contributed by atoms with van der Waals surface area (Å²) in [7, 11) is 0. The van der Waals surface area contributed by atoms with Gasteiger partial charge in [-0.25, -0.2) is 4.98 Å². The molecule has 1 saturated carbocycles. The highest BCUT2D eigenvalue weighted by atomic mass is 15.1. The molecule has 1 fully saturated rings. The molecule has 1 aliphatic carbocycles. The van der Waals surface area contributed by atoms with Crippen molar-refractivity contribution in [2.24, 2.45) is 0 Å². The molecule has 1 heterocycles. The van der Waals surface area contributed by atoms with Gasteiger partial charge in [-0.1, -0.05) is 0 Å². The maximum atomic E-state index is 9.49. The number of rotatable bonds is 4. The van der Waals surface area contributed by atoms with E-state index in [4.69, 9.17) is 0 Å². The van der Waals surface area contributed by atoms with Gasteiger partial charge >= 0.3 is 0 Å². The summed E-state index contributed by atoms with van der Waals surface area (Å²) in [5.74, 6) is 0. The molecule has 1 atom stereocenters. The van der Waals surface area contributed by atoms with E-state index in [9.17, 15) is 5.26 Å². The second kappa shape index (κ2) is 4.60. The van der Waals surface area contributed by atoms with Gasteiger partial charge in [0.15, 0.2) is 0 Å². The Hall–Kier alpha value is -1.86. The molecule has 2 aromatic rings. The first-order valence-electron chi connectivity index (χ1n) is 7.12. The molecular weight excluding hydrogens is 248 g/mol. The normalized spacial score (nSPS) is 17.9. The van der Waals surface area contributed by atoms with E-state index in [2.05, 4.69) is 46.9 Å². The Morgan fingerprint density at radius 2 is 2.10 bits per heavy atom. The lowest BCUT2D eigenvalue weighted by Crippen LogP contribution is -2.45. The Balaban J connectivity index is 1.93. The van der Waals surface area contributed by atoms with E-state index in [1.54, 1.807) is 0 Å². The molecule has 4 heteroatoms. The summed E-state index contributed by atoms with van der Waals surface area (Å²) < 4.78 is 2.08. The van der Waals surface area contributed by atoms with Crippen LogP contribution in [-0.2, 0) is 6.54 Å². The third kappa shape index (κ3) is 2.41. The average Bonchev–Trinajstić information content (AvgIpc) is 3.14. The molecule has 0 aliphatic heterocycles. The maximum Gasteiger partial charge on any atom is 0.122 e. The second-order valence-corrected chi connectivity index (χ2v) is 6.16. The van der Waals surface area contributed by atoms with Crippen LogP contribution in [0.2, 0.25) is 0 Å². The van der Waals surface area contributed by atoms with Crippen molar-refractivity contribution < 1.29 is 0 Å². The molecule has 3 rings (SSSR count). The molecule has 1 aliphatic rings. The lowest BCUT2D eigenvalue weighted by atomic mass is 10.0. The van der Waals surface area contributed by atoms with Gasteiger partial charge in [0.25, 0.3) is 0 Å². The standard InChI is InChI=1S/C16H20N4/c1-11-6-14-15(7-12(11)2)20(10-18-14)9-16(3,8-17)19-13-4-5-13/h6-7,10,13,19H,4-5,9H2,1-3H3. The van der Waals surface area contributed by atoms with Crippen molar-refractivity contribution in [1.29, 1.82) is 5.26 Å². The highest BCUT2D eigenvalue weighted by Gasteiger charge is 2.33. The van der Waals surface area contributed by atoms with E-state index in [0.717, 1.165) is 11.0 Å². The molecule has 4 nitrogen and oxygen atoms in total. The Morgan fingerprint density at radius 1 is 1.40 bits per heavy atom. The summed E-state index contributed by atoms with van der Waals surface area (Å²) in [4.78, 5) is 4.46. The van der Waals surface area contributed by atoms with Crippen LogP contribution < -0.4 is 5.32 Å². The summed E-state index contributed by atoms with van der Waals surface area (Å²) in [6, 6.07) is 7.20. The molecule has 0 spiro atoms. The van der Waals surface area contributed by atoms with Crippen LogP contribution in [0.15, 0.2) is 18.5 Å². The first-order valence-corrected chi connectivity index (χ1v) is 7.12. The lowest BCUT2D eigenvalue weighted by molar-refractivity contribution is 0.389. The molecule has 1 aromatic carbocycles. The number of aryl methyl sites for hydroxylation is 2. The zero-order chi connectivity index (χ0) is 14.3. The fraction of sp³-hybridized carbons (Fsp3) is 0.500. The number of aromatic nitrogens is 2. The molecule has 104 valence electrons. The molecule has 20 heavy (non-hydrogen) atoms. The van der Waals surface area contributed by atoms with Crippen LogP contribution in [0.25, 0.3) is 11.0 Å². The van der Waals surface area contributed by atoms with Gasteiger partial charge in [-0.15, -0.1) is 0 Å². The smallest absolute Gasteiger partial charge is 0.122 e. The van der Waals surface area contributed by atoms with Crippen LogP contribution in [0.3, 0.4) is 0 Å². The van der Waals surface area contributed by atoms with Crippen molar-refractivity contribution in [3.8, 4) is 6.07 Å². The number of imidazole rings is 1. The minimum absolute atomic E-state index is 0.512. The van der Waals surface area contributed by atoms with Crippen LogP contribution >= 0.6 is 0 Å². The van der Waals surface area contributed by atoms with Gasteiger partial charge in [-0.3, -0.25) is 5.32 Å². The van der Waals surface area contributed by atoms with Crippen molar-refractivity contribution in [3.05, 3.63) is 29.6 Å². The van der Waals surface area contributed by atoms with E-state index in [-0.39, 0.29) is 0 Å². The van der Waals surface area contributed by atoms with Gasteiger partial charge in [0.05, 0.1) is 30.0 Å². The number of nitriles is 1. The maximum absolute atomic E-state index is 9.49. The molecular formula is C16H20N4. The Bertz CT molecular complexity index is 690. The first kappa shape index (κ1) is 13.1. The van der Waals surface area contributed by atoms with Crippen LogP contribution in [-0.4, -0.2) is 21.1 Å². The third-order valence-corrected chi connectivity index (χ3v) is 4.07. The molecule has 0 radical (unpaired) electrons. The highest BCUT2D eigenvalue weighted by Crippen LogP contribution is 2.25. The molecule has 1 unspecified atom stereocenters. The average molecular weight is 268 g/mol. The van der Waals surface area contributed by atoms with Crippen molar-refractivity contribution in [1.82, 2.24) is 14.9 Å². The topological polar surface area (TPSA) is 53.6 Å². The monoisotopic (exact) mass is 268 g/mol. The van der Waals surface area contributed by atoms with Crippen molar-refractivity contribution in [2.45, 2.75) is 51.7 Å². The minimum Gasteiger partial charge on any atom is -0.328 e. The van der Waals surface area contributed by atoms with Gasteiger partial charge in [-0.05, 0) is 56.9 Å². The van der Waals surface area contributed by atoms with E-state index in [1.807, 2.05) is 13.3 Å². The van der Waals surface area contributed by atoms with Gasteiger partial charge < -0.3 is 4.57 Å². The molecule has 0 amide bonds. The summed E-state index contributed by atoms with van der Waals surface area (Å²) in [6.45, 7) is 6.80. The number of benzene rings is 1. The fourth-order valence-corrected chi connectivity index (χ4v) is 2.57. The lowest BCUT2D eigenvalue weighted by Gasteiger charge is -2.24. The SMILES string of the molecule is Cc1cc2ncn(CC(C)(C#N)NC3CC3)c2cc1C. The van der Waals surface area contributed by atoms with E-state index in [1.165, 1.54) is 24.0 Å². The molecule has 1 N–H and O–H groups in total. The Labute approximate surface area is 119 Å². The molecule has 0 saturated heterocycles. The highest BCUT2D eigenvalue weighted by molar-refractivity contribution is 5.77. The zero-order valence-electron chi connectivity index (χ0n) is 12.3. The van der Waals surface area contributed by atoms with Crippen LogP contribution in [0.4, 0.5) is 0 Å². The van der Waals surface area contributed by atoms with E-state index < -0.39 is 5.54 Å². The van der Waals surface area contributed by atoms with Gasteiger partial charge in [0.2, 0.25) is 0 Å².